The van der Waals surface area contributed by atoms with Crippen LogP contribution in [0.2, 0.25) is 0 Å². The fraction of sp³-hybridized carbons (Fsp3) is 0.111. The van der Waals surface area contributed by atoms with E-state index in [1.807, 2.05) is 11.4 Å². The standard InChI is InChI=1S/C9H6N2OS/c12-4-1-2-7-9-8(3-5-13-9)11-6-10-7/h3,5-6,12H,4H2. The molecular weight excluding hydrogens is 184 g/mol. The van der Waals surface area contributed by atoms with E-state index < -0.39 is 0 Å². The zero-order valence-electron chi connectivity index (χ0n) is 6.69. The number of thiophene rings is 1. The van der Waals surface area contributed by atoms with Gasteiger partial charge in [-0.05, 0) is 17.4 Å². The largest absolute Gasteiger partial charge is 0.384 e. The number of hydrogen-bond acceptors (Lipinski definition) is 4. The molecule has 1 N–H and O–H groups in total. The van der Waals surface area contributed by atoms with Crippen molar-refractivity contribution >= 4 is 21.6 Å². The Morgan fingerprint density at radius 2 is 2.38 bits per heavy atom. The Kier molecular flexibility index (Phi) is 2.21. The number of aliphatic hydroxyl groups is 1. The van der Waals surface area contributed by atoms with Gasteiger partial charge in [0.2, 0.25) is 0 Å². The molecule has 0 aliphatic carbocycles. The predicted octanol–water partition coefficient (Wildman–Crippen LogP) is 1.04. The molecule has 0 fully saturated rings. The SMILES string of the molecule is OCC#Cc1ncnc2ccsc12. The summed E-state index contributed by atoms with van der Waals surface area (Å²) in [6.07, 6.45) is 1.48. The molecule has 2 heterocycles. The molecule has 4 heteroatoms. The van der Waals surface area contributed by atoms with Crippen LogP contribution < -0.4 is 0 Å². The van der Waals surface area contributed by atoms with Crippen molar-refractivity contribution in [3.05, 3.63) is 23.5 Å². The second-order valence-corrected chi connectivity index (χ2v) is 3.23. The lowest BCUT2D eigenvalue weighted by Crippen LogP contribution is -1.84. The summed E-state index contributed by atoms with van der Waals surface area (Å²) in [6.45, 7) is -0.142. The fourth-order valence-electron chi connectivity index (χ4n) is 1.00. The Morgan fingerprint density at radius 3 is 3.23 bits per heavy atom. The Hall–Kier alpha value is -1.44. The lowest BCUT2D eigenvalue weighted by Gasteiger charge is -1.90. The molecule has 0 unspecified atom stereocenters. The third-order valence-electron chi connectivity index (χ3n) is 1.53. The zero-order chi connectivity index (χ0) is 9.10. The van der Waals surface area contributed by atoms with E-state index in [2.05, 4.69) is 21.8 Å². The van der Waals surface area contributed by atoms with Gasteiger partial charge in [-0.1, -0.05) is 5.92 Å². The lowest BCUT2D eigenvalue weighted by atomic mass is 10.3. The van der Waals surface area contributed by atoms with E-state index in [-0.39, 0.29) is 6.61 Å². The highest BCUT2D eigenvalue weighted by Crippen LogP contribution is 2.19. The van der Waals surface area contributed by atoms with E-state index in [4.69, 9.17) is 5.11 Å². The Labute approximate surface area is 79.1 Å². The van der Waals surface area contributed by atoms with Crippen LogP contribution in [0.15, 0.2) is 17.8 Å². The summed E-state index contributed by atoms with van der Waals surface area (Å²) in [5.41, 5.74) is 1.59. The van der Waals surface area contributed by atoms with Gasteiger partial charge in [0.05, 0.1) is 10.2 Å². The normalized spacial score (nSPS) is 9.62. The van der Waals surface area contributed by atoms with E-state index in [0.717, 1.165) is 10.2 Å². The van der Waals surface area contributed by atoms with Crippen LogP contribution in [-0.4, -0.2) is 21.7 Å². The van der Waals surface area contributed by atoms with Crippen LogP contribution in [0.5, 0.6) is 0 Å². The molecule has 64 valence electrons. The highest BCUT2D eigenvalue weighted by Gasteiger charge is 2.00. The molecule has 0 aliphatic heterocycles. The number of hydrogen-bond donors (Lipinski definition) is 1. The molecule has 0 aromatic carbocycles. The fourth-order valence-corrected chi connectivity index (χ4v) is 1.79. The van der Waals surface area contributed by atoms with Gasteiger partial charge in [-0.15, -0.1) is 11.3 Å². The highest BCUT2D eigenvalue weighted by atomic mass is 32.1. The van der Waals surface area contributed by atoms with Gasteiger partial charge in [-0.3, -0.25) is 0 Å². The summed E-state index contributed by atoms with van der Waals surface area (Å²) < 4.78 is 0.975. The van der Waals surface area contributed by atoms with Gasteiger partial charge in [0.25, 0.3) is 0 Å². The Bertz CT molecular complexity index is 481. The molecular formula is C9H6N2OS. The molecule has 0 atom stereocenters. The maximum Gasteiger partial charge on any atom is 0.134 e. The summed E-state index contributed by atoms with van der Waals surface area (Å²) in [5, 5.41) is 10.5. The molecule has 0 bridgehead atoms. The van der Waals surface area contributed by atoms with E-state index in [1.54, 1.807) is 11.3 Å². The van der Waals surface area contributed by atoms with Crippen LogP contribution in [0.25, 0.3) is 10.2 Å². The second-order valence-electron chi connectivity index (χ2n) is 2.32. The monoisotopic (exact) mass is 190 g/mol. The molecule has 2 rings (SSSR count). The number of aliphatic hydroxyl groups excluding tert-OH is 1. The zero-order valence-corrected chi connectivity index (χ0v) is 7.51. The van der Waals surface area contributed by atoms with Crippen molar-refractivity contribution in [3.63, 3.8) is 0 Å². The minimum absolute atomic E-state index is 0.142. The lowest BCUT2D eigenvalue weighted by molar-refractivity contribution is 0.350. The minimum atomic E-state index is -0.142. The minimum Gasteiger partial charge on any atom is -0.384 e. The first-order valence-corrected chi connectivity index (χ1v) is 4.57. The summed E-state index contributed by atoms with van der Waals surface area (Å²) in [7, 11) is 0. The highest BCUT2D eigenvalue weighted by molar-refractivity contribution is 7.17. The summed E-state index contributed by atoms with van der Waals surface area (Å²) in [5.74, 6) is 5.35. The molecule has 0 saturated heterocycles. The molecule has 0 aliphatic rings. The van der Waals surface area contributed by atoms with Crippen molar-refractivity contribution in [2.24, 2.45) is 0 Å². The van der Waals surface area contributed by atoms with Gasteiger partial charge in [-0.2, -0.15) is 0 Å². The van der Waals surface area contributed by atoms with E-state index in [1.165, 1.54) is 6.33 Å². The molecule has 2 aromatic rings. The van der Waals surface area contributed by atoms with Crippen molar-refractivity contribution in [2.45, 2.75) is 0 Å². The van der Waals surface area contributed by atoms with Crippen molar-refractivity contribution in [1.82, 2.24) is 9.97 Å². The maximum absolute atomic E-state index is 8.54. The van der Waals surface area contributed by atoms with Crippen molar-refractivity contribution in [1.29, 1.82) is 0 Å². The van der Waals surface area contributed by atoms with Crippen LogP contribution in [0.3, 0.4) is 0 Å². The Balaban J connectivity index is 2.61. The molecule has 3 nitrogen and oxygen atoms in total. The summed E-state index contributed by atoms with van der Waals surface area (Å²) >= 11 is 1.56. The van der Waals surface area contributed by atoms with Crippen molar-refractivity contribution in [2.75, 3.05) is 6.61 Å². The van der Waals surface area contributed by atoms with Gasteiger partial charge >= 0.3 is 0 Å². The average molecular weight is 190 g/mol. The first kappa shape index (κ1) is 8.17. The van der Waals surface area contributed by atoms with Crippen molar-refractivity contribution < 1.29 is 5.11 Å². The topological polar surface area (TPSA) is 46.0 Å². The van der Waals surface area contributed by atoms with E-state index >= 15 is 0 Å². The first-order valence-electron chi connectivity index (χ1n) is 3.70. The second kappa shape index (κ2) is 3.52. The molecule has 13 heavy (non-hydrogen) atoms. The Morgan fingerprint density at radius 1 is 1.46 bits per heavy atom. The van der Waals surface area contributed by atoms with Gasteiger partial charge in [0.1, 0.15) is 18.6 Å². The quantitative estimate of drug-likeness (QED) is 0.631. The predicted molar refractivity (Wildman–Crippen MR) is 51.4 cm³/mol. The third-order valence-corrected chi connectivity index (χ3v) is 2.44. The molecule has 0 amide bonds. The van der Waals surface area contributed by atoms with Crippen LogP contribution in [0, 0.1) is 11.8 Å². The van der Waals surface area contributed by atoms with E-state index in [9.17, 15) is 0 Å². The number of rotatable bonds is 0. The van der Waals surface area contributed by atoms with Gasteiger partial charge in [0, 0.05) is 0 Å². The smallest absolute Gasteiger partial charge is 0.134 e. The summed E-state index contributed by atoms with van der Waals surface area (Å²) in [4.78, 5) is 8.11. The third kappa shape index (κ3) is 1.52. The first-order chi connectivity index (χ1) is 6.42. The van der Waals surface area contributed by atoms with Crippen LogP contribution in [0.1, 0.15) is 5.69 Å². The van der Waals surface area contributed by atoms with Gasteiger partial charge in [-0.25, -0.2) is 9.97 Å². The molecule has 2 aromatic heterocycles. The number of fused-ring (bicyclic) bond motifs is 1. The van der Waals surface area contributed by atoms with Crippen LogP contribution >= 0.6 is 11.3 Å². The average Bonchev–Trinajstić information content (AvgIpc) is 2.62. The van der Waals surface area contributed by atoms with E-state index in [0.29, 0.717) is 5.69 Å². The number of aromatic nitrogens is 2. The van der Waals surface area contributed by atoms with Gasteiger partial charge < -0.3 is 5.11 Å². The summed E-state index contributed by atoms with van der Waals surface area (Å²) in [6, 6.07) is 1.92. The molecule has 0 radical (unpaired) electrons. The van der Waals surface area contributed by atoms with Crippen molar-refractivity contribution in [3.8, 4) is 11.8 Å². The van der Waals surface area contributed by atoms with Crippen LogP contribution in [0.4, 0.5) is 0 Å². The number of nitrogens with zero attached hydrogens (tertiary/aromatic N) is 2. The van der Waals surface area contributed by atoms with Gasteiger partial charge in [0.15, 0.2) is 0 Å². The molecule has 0 saturated carbocycles. The maximum atomic E-state index is 8.54. The van der Waals surface area contributed by atoms with Crippen LogP contribution in [-0.2, 0) is 0 Å². The molecule has 0 spiro atoms.